The second kappa shape index (κ2) is 6.16. The zero-order valence-electron chi connectivity index (χ0n) is 11.8. The van der Waals surface area contributed by atoms with E-state index in [1.54, 1.807) is 24.6 Å². The Bertz CT molecular complexity index is 513. The highest BCUT2D eigenvalue weighted by Gasteiger charge is 2.24. The fourth-order valence-corrected chi connectivity index (χ4v) is 2.99. The van der Waals surface area contributed by atoms with Gasteiger partial charge in [-0.25, -0.2) is 4.98 Å². The van der Waals surface area contributed by atoms with Gasteiger partial charge in [0.25, 0.3) is 0 Å². The van der Waals surface area contributed by atoms with Crippen molar-refractivity contribution in [2.24, 2.45) is 0 Å². The van der Waals surface area contributed by atoms with E-state index in [0.29, 0.717) is 0 Å². The minimum atomic E-state index is 0.0774. The number of ether oxygens (including phenoxy) is 1. The smallest absolute Gasteiger partial charge is 0.161 e. The molecule has 2 rings (SSSR count). The summed E-state index contributed by atoms with van der Waals surface area (Å²) in [6, 6.07) is 0.0774. The molecular weight excluding hydrogens is 260 g/mol. The molecule has 5 nitrogen and oxygen atoms in total. The third kappa shape index (κ3) is 2.79. The van der Waals surface area contributed by atoms with Crippen molar-refractivity contribution in [1.29, 1.82) is 0 Å². The molecule has 0 aromatic carbocycles. The van der Waals surface area contributed by atoms with Gasteiger partial charge in [-0.15, -0.1) is 11.3 Å². The van der Waals surface area contributed by atoms with E-state index in [0.717, 1.165) is 29.5 Å². The van der Waals surface area contributed by atoms with E-state index < -0.39 is 0 Å². The topological polar surface area (TPSA) is 52.0 Å². The molecule has 1 atom stereocenters. The van der Waals surface area contributed by atoms with Crippen LogP contribution in [0.5, 0.6) is 5.75 Å². The maximum absolute atomic E-state index is 5.44. The van der Waals surface area contributed by atoms with E-state index in [1.165, 1.54) is 4.88 Å². The van der Waals surface area contributed by atoms with E-state index in [-0.39, 0.29) is 6.04 Å². The molecule has 2 aromatic rings. The van der Waals surface area contributed by atoms with Crippen molar-refractivity contribution < 1.29 is 4.74 Å². The molecule has 1 N–H and O–H groups in total. The Morgan fingerprint density at radius 1 is 1.42 bits per heavy atom. The lowest BCUT2D eigenvalue weighted by Gasteiger charge is -2.18. The predicted octanol–water partition coefficient (Wildman–Crippen LogP) is 2.38. The molecule has 0 saturated carbocycles. The molecule has 6 heteroatoms. The minimum Gasteiger partial charge on any atom is -0.493 e. The molecule has 0 fully saturated rings. The van der Waals surface area contributed by atoms with Crippen LogP contribution in [-0.2, 0) is 6.54 Å². The largest absolute Gasteiger partial charge is 0.493 e. The van der Waals surface area contributed by atoms with Crippen LogP contribution in [0, 0.1) is 6.92 Å². The number of hydrogen-bond donors (Lipinski definition) is 1. The molecule has 19 heavy (non-hydrogen) atoms. The van der Waals surface area contributed by atoms with Gasteiger partial charge in [0.2, 0.25) is 0 Å². The third-order valence-corrected chi connectivity index (χ3v) is 3.95. The first-order valence-corrected chi connectivity index (χ1v) is 7.28. The SMILES string of the molecule is CCNC(c1cnc(C)s1)c1c(OC)cnn1CC. The van der Waals surface area contributed by atoms with Gasteiger partial charge in [-0.2, -0.15) is 5.10 Å². The summed E-state index contributed by atoms with van der Waals surface area (Å²) in [5.41, 5.74) is 1.07. The van der Waals surface area contributed by atoms with Gasteiger partial charge in [0.05, 0.1) is 24.4 Å². The molecule has 0 aliphatic heterocycles. The molecule has 0 spiro atoms. The van der Waals surface area contributed by atoms with Crippen molar-refractivity contribution >= 4 is 11.3 Å². The Hall–Kier alpha value is -1.40. The third-order valence-electron chi connectivity index (χ3n) is 2.97. The van der Waals surface area contributed by atoms with Gasteiger partial charge in [-0.1, -0.05) is 6.92 Å². The number of thiazole rings is 1. The number of methoxy groups -OCH3 is 1. The van der Waals surface area contributed by atoms with Crippen molar-refractivity contribution in [3.8, 4) is 5.75 Å². The first-order chi connectivity index (χ1) is 9.21. The van der Waals surface area contributed by atoms with E-state index in [9.17, 15) is 0 Å². The van der Waals surface area contributed by atoms with E-state index in [2.05, 4.69) is 29.2 Å². The van der Waals surface area contributed by atoms with Crippen LogP contribution in [0.15, 0.2) is 12.4 Å². The van der Waals surface area contributed by atoms with Crippen LogP contribution in [0.2, 0.25) is 0 Å². The minimum absolute atomic E-state index is 0.0774. The summed E-state index contributed by atoms with van der Waals surface area (Å²) in [5.74, 6) is 0.818. The van der Waals surface area contributed by atoms with Crippen LogP contribution >= 0.6 is 11.3 Å². The molecule has 1 unspecified atom stereocenters. The summed E-state index contributed by atoms with van der Waals surface area (Å²) in [7, 11) is 1.68. The van der Waals surface area contributed by atoms with Crippen LogP contribution in [0.1, 0.15) is 35.5 Å². The highest BCUT2D eigenvalue weighted by Crippen LogP contribution is 2.32. The first kappa shape index (κ1) is 14.0. The summed E-state index contributed by atoms with van der Waals surface area (Å²) < 4.78 is 7.42. The molecule has 0 radical (unpaired) electrons. The summed E-state index contributed by atoms with van der Waals surface area (Å²) in [4.78, 5) is 5.54. The number of nitrogens with one attached hydrogen (secondary N) is 1. The number of rotatable bonds is 6. The standard InChI is InChI=1S/C13H20N4OS/c1-5-14-12(11-8-15-9(3)19-11)13-10(18-4)7-16-17(13)6-2/h7-8,12,14H,5-6H2,1-4H3. The average Bonchev–Trinajstić information content (AvgIpc) is 3.01. The highest BCUT2D eigenvalue weighted by molar-refractivity contribution is 7.11. The van der Waals surface area contributed by atoms with Gasteiger partial charge in [0.15, 0.2) is 5.75 Å². The Balaban J connectivity index is 2.46. The van der Waals surface area contributed by atoms with E-state index in [4.69, 9.17) is 4.74 Å². The quantitative estimate of drug-likeness (QED) is 0.882. The lowest BCUT2D eigenvalue weighted by Crippen LogP contribution is -2.24. The zero-order valence-corrected chi connectivity index (χ0v) is 12.6. The van der Waals surface area contributed by atoms with Gasteiger partial charge >= 0.3 is 0 Å². The molecule has 0 aliphatic carbocycles. The fourth-order valence-electron chi connectivity index (χ4n) is 2.13. The van der Waals surface area contributed by atoms with Gasteiger partial charge in [-0.05, 0) is 20.4 Å². The maximum Gasteiger partial charge on any atom is 0.161 e. The second-order valence-electron chi connectivity index (χ2n) is 4.19. The summed E-state index contributed by atoms with van der Waals surface area (Å²) >= 11 is 1.70. The monoisotopic (exact) mass is 280 g/mol. The average molecular weight is 280 g/mol. The van der Waals surface area contributed by atoms with Gasteiger partial charge < -0.3 is 10.1 Å². The van der Waals surface area contributed by atoms with Crippen molar-refractivity contribution in [3.05, 3.63) is 28.0 Å². The number of aryl methyl sites for hydroxylation is 2. The lowest BCUT2D eigenvalue weighted by molar-refractivity contribution is 0.400. The zero-order chi connectivity index (χ0) is 13.8. The molecule has 104 valence electrons. The number of hydrogen-bond acceptors (Lipinski definition) is 5. The maximum atomic E-state index is 5.44. The Kier molecular flexibility index (Phi) is 4.55. The van der Waals surface area contributed by atoms with Crippen molar-refractivity contribution in [3.63, 3.8) is 0 Å². The molecular formula is C13H20N4OS. The predicted molar refractivity (Wildman–Crippen MR) is 76.8 cm³/mol. The molecule has 0 amide bonds. The Morgan fingerprint density at radius 2 is 2.21 bits per heavy atom. The summed E-state index contributed by atoms with van der Waals surface area (Å²) in [6.45, 7) is 7.89. The van der Waals surface area contributed by atoms with Crippen LogP contribution in [0.3, 0.4) is 0 Å². The highest BCUT2D eigenvalue weighted by atomic mass is 32.1. The van der Waals surface area contributed by atoms with Gasteiger partial charge in [0.1, 0.15) is 5.69 Å². The van der Waals surface area contributed by atoms with Crippen molar-refractivity contribution in [1.82, 2.24) is 20.1 Å². The van der Waals surface area contributed by atoms with Crippen LogP contribution in [-0.4, -0.2) is 28.4 Å². The van der Waals surface area contributed by atoms with Crippen LogP contribution in [0.4, 0.5) is 0 Å². The number of aromatic nitrogens is 3. The fraction of sp³-hybridized carbons (Fsp3) is 0.538. The van der Waals surface area contributed by atoms with E-state index in [1.807, 2.05) is 17.8 Å². The van der Waals surface area contributed by atoms with Crippen LogP contribution in [0.25, 0.3) is 0 Å². The number of nitrogens with zero attached hydrogens (tertiary/aromatic N) is 3. The Labute approximate surface area is 117 Å². The molecule has 0 aliphatic rings. The summed E-state index contributed by atoms with van der Waals surface area (Å²) in [6.07, 6.45) is 3.71. The van der Waals surface area contributed by atoms with Gasteiger partial charge in [0, 0.05) is 17.6 Å². The molecule has 0 bridgehead atoms. The second-order valence-corrected chi connectivity index (χ2v) is 5.45. The molecule has 2 aromatic heterocycles. The molecule has 0 saturated heterocycles. The van der Waals surface area contributed by atoms with Crippen molar-refractivity contribution in [2.45, 2.75) is 33.4 Å². The van der Waals surface area contributed by atoms with Crippen molar-refractivity contribution in [2.75, 3.05) is 13.7 Å². The lowest BCUT2D eigenvalue weighted by atomic mass is 10.1. The summed E-state index contributed by atoms with van der Waals surface area (Å²) in [5, 5.41) is 8.94. The first-order valence-electron chi connectivity index (χ1n) is 6.46. The normalized spacial score (nSPS) is 12.6. The Morgan fingerprint density at radius 3 is 2.74 bits per heavy atom. The van der Waals surface area contributed by atoms with Gasteiger partial charge in [-0.3, -0.25) is 4.68 Å². The van der Waals surface area contributed by atoms with E-state index >= 15 is 0 Å². The van der Waals surface area contributed by atoms with Crippen LogP contribution < -0.4 is 10.1 Å². The molecule has 2 heterocycles.